The van der Waals surface area contributed by atoms with Gasteiger partial charge in [0.25, 0.3) is 0 Å². The van der Waals surface area contributed by atoms with Gasteiger partial charge in [-0.15, -0.1) is 0 Å². The van der Waals surface area contributed by atoms with Crippen LogP contribution in [0.2, 0.25) is 0 Å². The molecule has 168 valence electrons. The molecular formula is C24H32N2O5. The van der Waals surface area contributed by atoms with Crippen LogP contribution in [0.1, 0.15) is 49.7 Å². The number of hydrogen-bond donors (Lipinski definition) is 3. The average molecular weight is 429 g/mol. The van der Waals surface area contributed by atoms with E-state index in [9.17, 15) is 9.90 Å². The first kappa shape index (κ1) is 19.8. The highest BCUT2D eigenvalue weighted by atomic mass is 16.5. The van der Waals surface area contributed by atoms with Crippen LogP contribution in [-0.2, 0) is 21.4 Å². The Morgan fingerprint density at radius 1 is 1.32 bits per heavy atom. The maximum atomic E-state index is 11.1. The van der Waals surface area contributed by atoms with Crippen LogP contribution >= 0.6 is 0 Å². The first-order valence-electron chi connectivity index (χ1n) is 11.8. The number of benzene rings is 1. The Kier molecular flexibility index (Phi) is 4.37. The van der Waals surface area contributed by atoms with Crippen molar-refractivity contribution in [3.05, 3.63) is 23.3 Å². The van der Waals surface area contributed by atoms with Gasteiger partial charge in [-0.2, -0.15) is 0 Å². The second-order valence-corrected chi connectivity index (χ2v) is 10.2. The van der Waals surface area contributed by atoms with Gasteiger partial charge in [0.05, 0.1) is 17.4 Å². The van der Waals surface area contributed by atoms with Gasteiger partial charge in [-0.3, -0.25) is 9.69 Å². The second-order valence-electron chi connectivity index (χ2n) is 10.2. The number of aliphatic carboxylic acids is 1. The third-order valence-electron chi connectivity index (χ3n) is 8.83. The molecule has 7 heteroatoms. The maximum absolute atomic E-state index is 11.1. The number of phenolic OH excluding ortho intramolecular Hbond substituents is 1. The largest absolute Gasteiger partial charge is 0.504 e. The maximum Gasteiger partial charge on any atom is 0.304 e. The summed E-state index contributed by atoms with van der Waals surface area (Å²) < 4.78 is 13.1. The highest BCUT2D eigenvalue weighted by Crippen LogP contribution is 2.66. The van der Waals surface area contributed by atoms with Crippen LogP contribution in [0.15, 0.2) is 12.1 Å². The molecule has 2 heterocycles. The lowest BCUT2D eigenvalue weighted by Crippen LogP contribution is -2.78. The highest BCUT2D eigenvalue weighted by molar-refractivity contribution is 5.67. The van der Waals surface area contributed by atoms with Gasteiger partial charge in [0.1, 0.15) is 6.10 Å². The van der Waals surface area contributed by atoms with Gasteiger partial charge in [0.15, 0.2) is 11.5 Å². The van der Waals surface area contributed by atoms with Crippen molar-refractivity contribution in [1.82, 2.24) is 10.2 Å². The van der Waals surface area contributed by atoms with E-state index in [0.29, 0.717) is 18.3 Å². The Morgan fingerprint density at radius 3 is 2.90 bits per heavy atom. The topological polar surface area (TPSA) is 91.3 Å². The zero-order chi connectivity index (χ0) is 21.4. The molecule has 5 atom stereocenters. The number of rotatable bonds is 7. The van der Waals surface area contributed by atoms with E-state index in [2.05, 4.69) is 16.3 Å². The van der Waals surface area contributed by atoms with Crippen LogP contribution in [0.25, 0.3) is 0 Å². The van der Waals surface area contributed by atoms with Gasteiger partial charge < -0.3 is 25.0 Å². The third-order valence-corrected chi connectivity index (χ3v) is 8.83. The summed E-state index contributed by atoms with van der Waals surface area (Å²) in [7, 11) is 1.86. The number of nitrogens with zero attached hydrogens (tertiary/aromatic N) is 1. The predicted octanol–water partition coefficient (Wildman–Crippen LogP) is 2.04. The Bertz CT molecular complexity index is 917. The Morgan fingerprint density at radius 2 is 2.16 bits per heavy atom. The molecule has 31 heavy (non-hydrogen) atoms. The van der Waals surface area contributed by atoms with Crippen LogP contribution < -0.4 is 10.1 Å². The minimum atomic E-state index is -0.797. The Labute approximate surface area is 182 Å². The number of aromatic hydroxyl groups is 1. The lowest BCUT2D eigenvalue weighted by Gasteiger charge is -2.65. The van der Waals surface area contributed by atoms with Crippen LogP contribution in [-0.4, -0.2) is 71.6 Å². The molecule has 7 nitrogen and oxygen atoms in total. The van der Waals surface area contributed by atoms with Gasteiger partial charge in [0, 0.05) is 37.8 Å². The zero-order valence-electron chi connectivity index (χ0n) is 18.1. The third kappa shape index (κ3) is 2.60. The summed E-state index contributed by atoms with van der Waals surface area (Å²) in [5.74, 6) is 0.861. The molecule has 6 rings (SSSR count). The molecule has 1 aromatic carbocycles. The van der Waals surface area contributed by atoms with E-state index in [4.69, 9.17) is 14.6 Å². The van der Waals surface area contributed by atoms with Crippen LogP contribution in [0, 0.1) is 5.92 Å². The van der Waals surface area contributed by atoms with Gasteiger partial charge in [0.2, 0.25) is 0 Å². The van der Waals surface area contributed by atoms with E-state index in [-0.39, 0.29) is 35.3 Å². The lowest BCUT2D eigenvalue weighted by atomic mass is 9.48. The molecule has 5 aliphatic rings. The van der Waals surface area contributed by atoms with Gasteiger partial charge in [-0.1, -0.05) is 6.07 Å². The SMILES string of the molecule is CO[C@@]12CC[C@H](NCCC(=O)O)[C@@H]3Oc4c(O)ccc5c4[C@@]31CCN(CC1CC1)C2C5. The summed E-state index contributed by atoms with van der Waals surface area (Å²) in [5, 5.41) is 23.3. The summed E-state index contributed by atoms with van der Waals surface area (Å²) in [4.78, 5) is 13.7. The van der Waals surface area contributed by atoms with E-state index in [1.54, 1.807) is 6.07 Å². The lowest BCUT2D eigenvalue weighted by molar-refractivity contribution is -0.207. The van der Waals surface area contributed by atoms with E-state index >= 15 is 0 Å². The predicted molar refractivity (Wildman–Crippen MR) is 114 cm³/mol. The number of piperidine rings is 1. The normalized spacial score (nSPS) is 37.9. The van der Waals surface area contributed by atoms with E-state index in [0.717, 1.165) is 50.3 Å². The molecule has 2 bridgehead atoms. The van der Waals surface area contributed by atoms with Crippen molar-refractivity contribution >= 4 is 5.97 Å². The van der Waals surface area contributed by atoms with Crippen molar-refractivity contribution in [3.63, 3.8) is 0 Å². The number of phenols is 1. The molecule has 3 N–H and O–H groups in total. The number of methoxy groups -OCH3 is 1. The minimum absolute atomic E-state index is 0.0380. The first-order chi connectivity index (χ1) is 15.0. The quantitative estimate of drug-likeness (QED) is 0.612. The fraction of sp³-hybridized carbons (Fsp3) is 0.708. The van der Waals surface area contributed by atoms with Gasteiger partial charge >= 0.3 is 5.97 Å². The Hall–Kier alpha value is -1.83. The molecule has 3 fully saturated rings. The van der Waals surface area contributed by atoms with Crippen molar-refractivity contribution in [2.45, 2.75) is 74.1 Å². The summed E-state index contributed by atoms with van der Waals surface area (Å²) >= 11 is 0. The molecule has 2 aliphatic heterocycles. The first-order valence-corrected chi connectivity index (χ1v) is 11.8. The van der Waals surface area contributed by atoms with E-state index in [1.807, 2.05) is 7.11 Å². The molecule has 0 amide bonds. The zero-order valence-corrected chi connectivity index (χ0v) is 18.1. The van der Waals surface area contributed by atoms with Crippen LogP contribution in [0.5, 0.6) is 11.5 Å². The Balaban J connectivity index is 1.45. The molecule has 1 saturated heterocycles. The fourth-order valence-electron chi connectivity index (χ4n) is 7.44. The van der Waals surface area contributed by atoms with Crippen molar-refractivity contribution in [1.29, 1.82) is 0 Å². The van der Waals surface area contributed by atoms with Crippen molar-refractivity contribution in [3.8, 4) is 11.5 Å². The highest BCUT2D eigenvalue weighted by Gasteiger charge is 2.73. The summed E-state index contributed by atoms with van der Waals surface area (Å²) in [5.41, 5.74) is 1.78. The number of carboxylic acids is 1. The molecule has 1 unspecified atom stereocenters. The summed E-state index contributed by atoms with van der Waals surface area (Å²) in [6.07, 6.45) is 6.25. The smallest absolute Gasteiger partial charge is 0.304 e. The number of hydrogen-bond acceptors (Lipinski definition) is 6. The van der Waals surface area contributed by atoms with E-state index < -0.39 is 5.97 Å². The number of carboxylic acid groups (broad SMARTS) is 1. The molecule has 0 radical (unpaired) electrons. The molecule has 3 aliphatic carbocycles. The van der Waals surface area contributed by atoms with Crippen LogP contribution in [0.4, 0.5) is 0 Å². The van der Waals surface area contributed by atoms with E-state index in [1.165, 1.54) is 18.4 Å². The number of likely N-dealkylation sites (tertiary alicyclic amines) is 1. The van der Waals surface area contributed by atoms with Gasteiger partial charge in [-0.05, 0) is 62.6 Å². The number of ether oxygens (including phenoxy) is 2. The summed E-state index contributed by atoms with van der Waals surface area (Å²) in [6.45, 7) is 2.59. The molecule has 2 saturated carbocycles. The molecule has 0 aromatic heterocycles. The average Bonchev–Trinajstić information content (AvgIpc) is 3.49. The van der Waals surface area contributed by atoms with Crippen molar-refractivity contribution < 1.29 is 24.5 Å². The van der Waals surface area contributed by atoms with Crippen LogP contribution in [0.3, 0.4) is 0 Å². The summed E-state index contributed by atoms with van der Waals surface area (Å²) in [6, 6.07) is 4.20. The number of nitrogens with one attached hydrogen (secondary N) is 1. The van der Waals surface area contributed by atoms with Gasteiger partial charge in [-0.25, -0.2) is 0 Å². The molecule has 1 spiro atoms. The standard InChI is InChI=1S/C24H32N2O5/c1-30-24-8-6-16(25-10-7-19(28)29)22-23(24)9-11-26(13-14-2-3-14)18(24)12-15-4-5-17(27)21(31-22)20(15)23/h4-5,14,16,18,22,25,27H,2-3,6-13H2,1H3,(H,28,29)/t16-,18?,22-,23-,24+/m0/s1. The number of carbonyl (C=O) groups is 1. The van der Waals surface area contributed by atoms with Crippen molar-refractivity contribution in [2.75, 3.05) is 26.7 Å². The molecule has 1 aromatic rings. The molecular weight excluding hydrogens is 396 g/mol. The monoisotopic (exact) mass is 428 g/mol. The second kappa shape index (κ2) is 6.83. The fourth-order valence-corrected chi connectivity index (χ4v) is 7.44. The minimum Gasteiger partial charge on any atom is -0.504 e. The van der Waals surface area contributed by atoms with Crippen molar-refractivity contribution in [2.24, 2.45) is 5.92 Å².